The second-order valence-corrected chi connectivity index (χ2v) is 2.86. The van der Waals surface area contributed by atoms with Crippen molar-refractivity contribution in [1.29, 1.82) is 0 Å². The lowest BCUT2D eigenvalue weighted by Gasteiger charge is -2.23. The Morgan fingerprint density at radius 3 is 3.21 bits per heavy atom. The Labute approximate surface area is 79.9 Å². The van der Waals surface area contributed by atoms with Gasteiger partial charge in [0.05, 0.1) is 0 Å². The topological polar surface area (TPSA) is 86.6 Å². The van der Waals surface area contributed by atoms with Crippen LogP contribution in [0.4, 0.5) is 4.79 Å². The number of carbonyl (C=O) groups is 1. The molecule has 0 spiro atoms. The molecule has 6 heteroatoms. The van der Waals surface area contributed by atoms with Crippen molar-refractivity contribution in [3.8, 4) is 11.5 Å². The van der Waals surface area contributed by atoms with Crippen molar-refractivity contribution in [1.82, 2.24) is 4.98 Å². The SMILES string of the molecule is NC(=O)OCC1COc2c[nH]cc2O1. The van der Waals surface area contributed by atoms with E-state index in [1.807, 2.05) is 0 Å². The zero-order valence-corrected chi connectivity index (χ0v) is 7.36. The van der Waals surface area contributed by atoms with Gasteiger partial charge in [0, 0.05) is 12.4 Å². The highest BCUT2D eigenvalue weighted by molar-refractivity contribution is 5.64. The molecular weight excluding hydrogens is 188 g/mol. The van der Waals surface area contributed by atoms with Crippen molar-refractivity contribution in [2.24, 2.45) is 5.73 Å². The molecule has 0 fully saturated rings. The first-order valence-corrected chi connectivity index (χ1v) is 4.14. The first-order chi connectivity index (χ1) is 6.75. The van der Waals surface area contributed by atoms with Crippen LogP contribution in [0.1, 0.15) is 0 Å². The molecule has 1 aliphatic heterocycles. The second kappa shape index (κ2) is 3.49. The van der Waals surface area contributed by atoms with Crippen molar-refractivity contribution >= 4 is 6.09 Å². The number of carbonyl (C=O) groups excluding carboxylic acids is 1. The number of fused-ring (bicyclic) bond motifs is 1. The fourth-order valence-electron chi connectivity index (χ4n) is 1.19. The molecule has 1 atom stereocenters. The second-order valence-electron chi connectivity index (χ2n) is 2.86. The van der Waals surface area contributed by atoms with Crippen molar-refractivity contribution in [2.45, 2.75) is 6.10 Å². The van der Waals surface area contributed by atoms with Crippen LogP contribution in [-0.2, 0) is 4.74 Å². The molecule has 1 amide bonds. The quantitative estimate of drug-likeness (QED) is 0.713. The van der Waals surface area contributed by atoms with Gasteiger partial charge in [0.1, 0.15) is 13.2 Å². The summed E-state index contributed by atoms with van der Waals surface area (Å²) < 4.78 is 15.3. The lowest BCUT2D eigenvalue weighted by atomic mass is 10.3. The Bertz CT molecular complexity index is 336. The molecule has 14 heavy (non-hydrogen) atoms. The van der Waals surface area contributed by atoms with Crippen molar-refractivity contribution in [2.75, 3.05) is 13.2 Å². The van der Waals surface area contributed by atoms with Gasteiger partial charge < -0.3 is 24.9 Å². The molecule has 0 aliphatic carbocycles. The maximum absolute atomic E-state index is 10.3. The highest BCUT2D eigenvalue weighted by Crippen LogP contribution is 2.30. The maximum atomic E-state index is 10.3. The van der Waals surface area contributed by atoms with Crippen LogP contribution in [-0.4, -0.2) is 30.4 Å². The number of nitrogens with two attached hydrogens (primary N) is 1. The highest BCUT2D eigenvalue weighted by Gasteiger charge is 2.22. The van der Waals surface area contributed by atoms with Crippen LogP contribution >= 0.6 is 0 Å². The monoisotopic (exact) mass is 198 g/mol. The van der Waals surface area contributed by atoms with E-state index in [0.717, 1.165) is 0 Å². The largest absolute Gasteiger partial charge is 0.484 e. The van der Waals surface area contributed by atoms with E-state index in [2.05, 4.69) is 9.72 Å². The van der Waals surface area contributed by atoms with Crippen LogP contribution in [0.5, 0.6) is 11.5 Å². The molecule has 1 unspecified atom stereocenters. The predicted molar refractivity (Wildman–Crippen MR) is 46.2 cm³/mol. The van der Waals surface area contributed by atoms with Crippen LogP contribution < -0.4 is 15.2 Å². The van der Waals surface area contributed by atoms with E-state index in [4.69, 9.17) is 15.2 Å². The summed E-state index contributed by atoms with van der Waals surface area (Å²) >= 11 is 0. The zero-order chi connectivity index (χ0) is 9.97. The van der Waals surface area contributed by atoms with Crippen molar-refractivity contribution in [3.05, 3.63) is 12.4 Å². The van der Waals surface area contributed by atoms with Crippen LogP contribution in [0, 0.1) is 0 Å². The summed E-state index contributed by atoms with van der Waals surface area (Å²) in [5.41, 5.74) is 4.82. The maximum Gasteiger partial charge on any atom is 0.404 e. The van der Waals surface area contributed by atoms with Gasteiger partial charge in [-0.1, -0.05) is 0 Å². The number of nitrogens with one attached hydrogen (secondary N) is 1. The summed E-state index contributed by atoms with van der Waals surface area (Å²) in [7, 11) is 0. The van der Waals surface area contributed by atoms with Crippen LogP contribution in [0.25, 0.3) is 0 Å². The van der Waals surface area contributed by atoms with Gasteiger partial charge in [-0.3, -0.25) is 0 Å². The molecule has 3 N–H and O–H groups in total. The number of hydrogen-bond donors (Lipinski definition) is 2. The molecule has 1 aromatic rings. The van der Waals surface area contributed by atoms with E-state index in [1.165, 1.54) is 0 Å². The summed E-state index contributed by atoms with van der Waals surface area (Å²) in [6.45, 7) is 0.443. The number of ether oxygens (including phenoxy) is 3. The van der Waals surface area contributed by atoms with Gasteiger partial charge >= 0.3 is 6.09 Å². The van der Waals surface area contributed by atoms with E-state index < -0.39 is 6.09 Å². The summed E-state index contributed by atoms with van der Waals surface area (Å²) in [4.78, 5) is 13.2. The Balaban J connectivity index is 1.91. The fourth-order valence-corrected chi connectivity index (χ4v) is 1.19. The van der Waals surface area contributed by atoms with Gasteiger partial charge in [0.2, 0.25) is 0 Å². The summed E-state index contributed by atoms with van der Waals surface area (Å²) in [5, 5.41) is 0. The van der Waals surface area contributed by atoms with E-state index in [1.54, 1.807) is 12.4 Å². The Morgan fingerprint density at radius 1 is 1.64 bits per heavy atom. The molecule has 2 rings (SSSR count). The van der Waals surface area contributed by atoms with Crippen LogP contribution in [0.3, 0.4) is 0 Å². The minimum absolute atomic E-state index is 0.0972. The molecule has 0 saturated heterocycles. The first kappa shape index (κ1) is 8.74. The number of amides is 1. The van der Waals surface area contributed by atoms with Crippen LogP contribution in [0.2, 0.25) is 0 Å². The number of primary amides is 1. The molecule has 0 aromatic carbocycles. The van der Waals surface area contributed by atoms with Crippen molar-refractivity contribution in [3.63, 3.8) is 0 Å². The lowest BCUT2D eigenvalue weighted by molar-refractivity contribution is 0.0369. The zero-order valence-electron chi connectivity index (χ0n) is 7.36. The highest BCUT2D eigenvalue weighted by atomic mass is 16.6. The van der Waals surface area contributed by atoms with Gasteiger partial charge in [0.15, 0.2) is 17.6 Å². The van der Waals surface area contributed by atoms with E-state index >= 15 is 0 Å². The average molecular weight is 198 g/mol. The Morgan fingerprint density at radius 2 is 2.43 bits per heavy atom. The molecule has 0 bridgehead atoms. The van der Waals surface area contributed by atoms with Crippen LogP contribution in [0.15, 0.2) is 12.4 Å². The lowest BCUT2D eigenvalue weighted by Crippen LogP contribution is -2.34. The van der Waals surface area contributed by atoms with Gasteiger partial charge in [-0.15, -0.1) is 0 Å². The molecule has 1 aromatic heterocycles. The molecule has 0 saturated carbocycles. The molecule has 0 radical (unpaired) electrons. The number of hydrogen-bond acceptors (Lipinski definition) is 4. The standard InChI is InChI=1S/C8H10N2O4/c9-8(11)13-4-5-3-12-6-1-10-2-7(6)14-5/h1-2,5,10H,3-4H2,(H2,9,11). The van der Waals surface area contributed by atoms with E-state index in [0.29, 0.717) is 18.1 Å². The molecule has 1 aliphatic rings. The number of aromatic amines is 1. The van der Waals surface area contributed by atoms with Gasteiger partial charge in [-0.25, -0.2) is 4.79 Å². The van der Waals surface area contributed by atoms with Gasteiger partial charge in [-0.2, -0.15) is 0 Å². The molecule has 2 heterocycles. The number of aromatic nitrogens is 1. The smallest absolute Gasteiger partial charge is 0.404 e. The Hall–Kier alpha value is -1.85. The third-order valence-corrected chi connectivity index (χ3v) is 1.80. The average Bonchev–Trinajstić information content (AvgIpc) is 2.61. The minimum Gasteiger partial charge on any atom is -0.484 e. The normalized spacial score (nSPS) is 19.0. The summed E-state index contributed by atoms with van der Waals surface area (Å²) in [5.74, 6) is 1.29. The third kappa shape index (κ3) is 1.73. The fraction of sp³-hybridized carbons (Fsp3) is 0.375. The summed E-state index contributed by atoms with van der Waals surface area (Å²) in [6.07, 6.45) is 2.26. The van der Waals surface area contributed by atoms with Crippen molar-refractivity contribution < 1.29 is 19.0 Å². The van der Waals surface area contributed by atoms with E-state index in [9.17, 15) is 4.79 Å². The third-order valence-electron chi connectivity index (χ3n) is 1.80. The first-order valence-electron chi connectivity index (χ1n) is 4.14. The Kier molecular flexibility index (Phi) is 2.18. The number of H-pyrrole nitrogens is 1. The van der Waals surface area contributed by atoms with Gasteiger partial charge in [0.25, 0.3) is 0 Å². The molecule has 6 nitrogen and oxygen atoms in total. The van der Waals surface area contributed by atoms with E-state index in [-0.39, 0.29) is 12.7 Å². The molecule has 76 valence electrons. The predicted octanol–water partition coefficient (Wildman–Crippen LogP) is 0.250. The number of rotatable bonds is 2. The minimum atomic E-state index is -0.812. The molecular formula is C8H10N2O4. The summed E-state index contributed by atoms with van der Waals surface area (Å²) in [6, 6.07) is 0. The van der Waals surface area contributed by atoms with Gasteiger partial charge in [-0.05, 0) is 0 Å².